The van der Waals surface area contributed by atoms with Gasteiger partial charge >= 0.3 is 0 Å². The Labute approximate surface area is 110 Å². The third kappa shape index (κ3) is 3.95. The summed E-state index contributed by atoms with van der Waals surface area (Å²) < 4.78 is 5.65. The number of hydrogen-bond acceptors (Lipinski definition) is 3. The standard InChI is InChI=1S/C14H26N2O2/c1-16(11-13-10-15-8-9-18-13)14(17)12-6-4-2-3-5-7-12/h12-13,15H,2-11H2,1H3. The molecular weight excluding hydrogens is 228 g/mol. The number of nitrogens with one attached hydrogen (secondary N) is 1. The second kappa shape index (κ2) is 7.10. The Hall–Kier alpha value is -0.610. The summed E-state index contributed by atoms with van der Waals surface area (Å²) in [6, 6.07) is 0. The average Bonchev–Trinajstić information content (AvgIpc) is 2.68. The maximum atomic E-state index is 12.4. The van der Waals surface area contributed by atoms with E-state index in [1.807, 2.05) is 11.9 Å². The molecule has 0 aromatic heterocycles. The molecule has 1 unspecified atom stereocenters. The lowest BCUT2D eigenvalue weighted by Crippen LogP contribution is -2.46. The van der Waals surface area contributed by atoms with Gasteiger partial charge < -0.3 is 15.0 Å². The zero-order valence-corrected chi connectivity index (χ0v) is 11.5. The number of likely N-dealkylation sites (N-methyl/N-ethyl adjacent to an activating group) is 1. The first-order valence-electron chi connectivity index (χ1n) is 7.34. The van der Waals surface area contributed by atoms with Crippen molar-refractivity contribution in [3.63, 3.8) is 0 Å². The van der Waals surface area contributed by atoms with E-state index in [9.17, 15) is 4.79 Å². The molecule has 1 heterocycles. The fraction of sp³-hybridized carbons (Fsp3) is 0.929. The lowest BCUT2D eigenvalue weighted by atomic mass is 9.99. The van der Waals surface area contributed by atoms with E-state index in [0.29, 0.717) is 5.91 Å². The van der Waals surface area contributed by atoms with Gasteiger partial charge in [0.25, 0.3) is 0 Å². The summed E-state index contributed by atoms with van der Waals surface area (Å²) in [5.74, 6) is 0.583. The molecule has 1 saturated heterocycles. The molecule has 2 aliphatic rings. The molecule has 2 fully saturated rings. The Bertz CT molecular complexity index is 257. The molecule has 1 saturated carbocycles. The third-order valence-corrected chi connectivity index (χ3v) is 4.06. The SMILES string of the molecule is CN(CC1CNCCO1)C(=O)C1CCCCCC1. The molecule has 4 heteroatoms. The van der Waals surface area contributed by atoms with Gasteiger partial charge in [-0.3, -0.25) is 4.79 Å². The molecule has 104 valence electrons. The highest BCUT2D eigenvalue weighted by molar-refractivity contribution is 5.78. The maximum Gasteiger partial charge on any atom is 0.225 e. The average molecular weight is 254 g/mol. The summed E-state index contributed by atoms with van der Waals surface area (Å²) in [5, 5.41) is 3.31. The normalized spacial score (nSPS) is 26.6. The molecule has 4 nitrogen and oxygen atoms in total. The van der Waals surface area contributed by atoms with Crippen LogP contribution in [0.4, 0.5) is 0 Å². The van der Waals surface area contributed by atoms with Crippen molar-refractivity contribution in [1.29, 1.82) is 0 Å². The molecule has 1 amide bonds. The Morgan fingerprint density at radius 2 is 2.00 bits per heavy atom. The van der Waals surface area contributed by atoms with Crippen LogP contribution < -0.4 is 5.32 Å². The summed E-state index contributed by atoms with van der Waals surface area (Å²) in [7, 11) is 1.92. The van der Waals surface area contributed by atoms with Gasteiger partial charge in [0.15, 0.2) is 0 Å². The first kappa shape index (κ1) is 13.8. The summed E-state index contributed by atoms with van der Waals surface area (Å²) >= 11 is 0. The number of nitrogens with zero attached hydrogens (tertiary/aromatic N) is 1. The zero-order valence-electron chi connectivity index (χ0n) is 11.5. The Kier molecular flexibility index (Phi) is 5.45. The monoisotopic (exact) mass is 254 g/mol. The quantitative estimate of drug-likeness (QED) is 0.774. The highest BCUT2D eigenvalue weighted by Crippen LogP contribution is 2.24. The minimum atomic E-state index is 0.165. The molecule has 0 radical (unpaired) electrons. The van der Waals surface area contributed by atoms with E-state index in [4.69, 9.17) is 4.74 Å². The first-order chi connectivity index (χ1) is 8.77. The van der Waals surface area contributed by atoms with E-state index in [1.54, 1.807) is 0 Å². The van der Waals surface area contributed by atoms with Crippen LogP contribution >= 0.6 is 0 Å². The van der Waals surface area contributed by atoms with Crippen molar-refractivity contribution in [3.05, 3.63) is 0 Å². The number of hydrogen-bond donors (Lipinski definition) is 1. The topological polar surface area (TPSA) is 41.6 Å². The molecule has 1 atom stereocenters. The largest absolute Gasteiger partial charge is 0.374 e. The van der Waals surface area contributed by atoms with Gasteiger partial charge in [0, 0.05) is 32.6 Å². The second-order valence-electron chi connectivity index (χ2n) is 5.60. The molecule has 0 bridgehead atoms. The molecule has 0 spiro atoms. The summed E-state index contributed by atoms with van der Waals surface area (Å²) in [6.07, 6.45) is 7.34. The molecule has 0 aromatic rings. The van der Waals surface area contributed by atoms with E-state index >= 15 is 0 Å². The minimum absolute atomic E-state index is 0.165. The van der Waals surface area contributed by atoms with Crippen LogP contribution in [0, 0.1) is 5.92 Å². The molecular formula is C14H26N2O2. The van der Waals surface area contributed by atoms with Gasteiger partial charge in [-0.05, 0) is 12.8 Å². The van der Waals surface area contributed by atoms with Crippen molar-refractivity contribution in [2.24, 2.45) is 5.92 Å². The number of amides is 1. The molecule has 18 heavy (non-hydrogen) atoms. The van der Waals surface area contributed by atoms with Crippen molar-refractivity contribution in [1.82, 2.24) is 10.2 Å². The lowest BCUT2D eigenvalue weighted by molar-refractivity contribution is -0.136. The second-order valence-corrected chi connectivity index (χ2v) is 5.60. The van der Waals surface area contributed by atoms with Gasteiger partial charge in [0.05, 0.1) is 12.7 Å². The molecule has 2 rings (SSSR count). The van der Waals surface area contributed by atoms with E-state index in [1.165, 1.54) is 25.7 Å². The lowest BCUT2D eigenvalue weighted by Gasteiger charge is -2.30. The van der Waals surface area contributed by atoms with Crippen LogP contribution in [0.15, 0.2) is 0 Å². The highest BCUT2D eigenvalue weighted by atomic mass is 16.5. The Morgan fingerprint density at radius 1 is 1.28 bits per heavy atom. The maximum absolute atomic E-state index is 12.4. The molecule has 0 aromatic carbocycles. The van der Waals surface area contributed by atoms with Crippen LogP contribution in [0.3, 0.4) is 0 Å². The fourth-order valence-corrected chi connectivity index (χ4v) is 2.97. The Balaban J connectivity index is 1.79. The Morgan fingerprint density at radius 3 is 2.61 bits per heavy atom. The highest BCUT2D eigenvalue weighted by Gasteiger charge is 2.25. The van der Waals surface area contributed by atoms with E-state index in [2.05, 4.69) is 5.32 Å². The van der Waals surface area contributed by atoms with Crippen LogP contribution in [-0.2, 0) is 9.53 Å². The van der Waals surface area contributed by atoms with Crippen LogP contribution in [-0.4, -0.2) is 50.2 Å². The molecule has 1 aliphatic heterocycles. The van der Waals surface area contributed by atoms with Crippen LogP contribution in [0.5, 0.6) is 0 Å². The van der Waals surface area contributed by atoms with Gasteiger partial charge in [-0.2, -0.15) is 0 Å². The van der Waals surface area contributed by atoms with Gasteiger partial charge in [0.1, 0.15) is 0 Å². The van der Waals surface area contributed by atoms with E-state index in [-0.39, 0.29) is 12.0 Å². The predicted molar refractivity (Wildman–Crippen MR) is 71.4 cm³/mol. The number of morpholine rings is 1. The van der Waals surface area contributed by atoms with Crippen molar-refractivity contribution in [3.8, 4) is 0 Å². The number of rotatable bonds is 3. The van der Waals surface area contributed by atoms with E-state index in [0.717, 1.165) is 39.1 Å². The predicted octanol–water partition coefficient (Wildman–Crippen LogP) is 1.40. The van der Waals surface area contributed by atoms with Crippen LogP contribution in [0.25, 0.3) is 0 Å². The first-order valence-corrected chi connectivity index (χ1v) is 7.34. The van der Waals surface area contributed by atoms with Crippen molar-refractivity contribution in [2.75, 3.05) is 33.3 Å². The van der Waals surface area contributed by atoms with Gasteiger partial charge in [0.2, 0.25) is 5.91 Å². The van der Waals surface area contributed by atoms with E-state index < -0.39 is 0 Å². The van der Waals surface area contributed by atoms with Gasteiger partial charge in [-0.25, -0.2) is 0 Å². The van der Waals surface area contributed by atoms with Gasteiger partial charge in [-0.1, -0.05) is 25.7 Å². The third-order valence-electron chi connectivity index (χ3n) is 4.06. The van der Waals surface area contributed by atoms with Gasteiger partial charge in [-0.15, -0.1) is 0 Å². The smallest absolute Gasteiger partial charge is 0.225 e. The number of carbonyl (C=O) groups excluding carboxylic acids is 1. The molecule has 1 N–H and O–H groups in total. The minimum Gasteiger partial charge on any atom is -0.374 e. The summed E-state index contributed by atoms with van der Waals surface area (Å²) in [4.78, 5) is 14.3. The number of ether oxygens (including phenoxy) is 1. The number of carbonyl (C=O) groups is 1. The summed E-state index contributed by atoms with van der Waals surface area (Å²) in [6.45, 7) is 3.28. The van der Waals surface area contributed by atoms with Crippen molar-refractivity contribution < 1.29 is 9.53 Å². The van der Waals surface area contributed by atoms with Crippen LogP contribution in [0.2, 0.25) is 0 Å². The molecule has 1 aliphatic carbocycles. The fourth-order valence-electron chi connectivity index (χ4n) is 2.97. The van der Waals surface area contributed by atoms with Crippen molar-refractivity contribution >= 4 is 5.91 Å². The zero-order chi connectivity index (χ0) is 12.8. The van der Waals surface area contributed by atoms with Crippen LogP contribution in [0.1, 0.15) is 38.5 Å². The summed E-state index contributed by atoms with van der Waals surface area (Å²) in [5.41, 5.74) is 0. The van der Waals surface area contributed by atoms with Crippen molar-refractivity contribution in [2.45, 2.75) is 44.6 Å².